The summed E-state index contributed by atoms with van der Waals surface area (Å²) in [5.74, 6) is -0.240. The molecule has 0 aliphatic carbocycles. The van der Waals surface area contributed by atoms with E-state index in [-0.39, 0.29) is 22.5 Å². The fraction of sp³-hybridized carbons (Fsp3) is 0.240. The van der Waals surface area contributed by atoms with Crippen LogP contribution in [0.2, 0.25) is 0 Å². The van der Waals surface area contributed by atoms with Crippen molar-refractivity contribution in [3.8, 4) is 0 Å². The predicted molar refractivity (Wildman–Crippen MR) is 123 cm³/mol. The first kappa shape index (κ1) is 19.7. The molecule has 0 radical (unpaired) electrons. The van der Waals surface area contributed by atoms with E-state index in [2.05, 4.69) is 37.9 Å². The van der Waals surface area contributed by atoms with Crippen molar-refractivity contribution < 1.29 is 9.21 Å². The minimum Gasteiger partial charge on any atom is -0.450 e. The van der Waals surface area contributed by atoms with Crippen LogP contribution in [0.4, 0.5) is 5.13 Å². The monoisotopic (exact) mass is 430 g/mol. The maximum atomic E-state index is 13.6. The zero-order chi connectivity index (χ0) is 21.9. The van der Waals surface area contributed by atoms with Crippen LogP contribution in [-0.2, 0) is 5.41 Å². The molecular formula is C25H22N2O3S. The molecule has 0 unspecified atom stereocenters. The number of nitrogens with zero attached hydrogens (tertiary/aromatic N) is 2. The van der Waals surface area contributed by atoms with Crippen LogP contribution in [0.1, 0.15) is 59.6 Å². The topological polar surface area (TPSA) is 63.4 Å². The molecule has 0 saturated heterocycles. The summed E-state index contributed by atoms with van der Waals surface area (Å²) in [6.07, 6.45) is 1.66. The van der Waals surface area contributed by atoms with Crippen LogP contribution >= 0.6 is 11.3 Å². The number of hydrogen-bond donors (Lipinski definition) is 0. The molecule has 0 spiro atoms. The molecule has 0 fully saturated rings. The number of amides is 1. The van der Waals surface area contributed by atoms with E-state index in [1.54, 1.807) is 17.2 Å². The van der Waals surface area contributed by atoms with Gasteiger partial charge < -0.3 is 4.42 Å². The molecule has 5 nitrogen and oxygen atoms in total. The Morgan fingerprint density at radius 3 is 2.45 bits per heavy atom. The minimum absolute atomic E-state index is 0.00366. The van der Waals surface area contributed by atoms with Crippen LogP contribution in [0, 0.1) is 6.92 Å². The smallest absolute Gasteiger partial charge is 0.297 e. The molecule has 0 saturated carbocycles. The maximum absolute atomic E-state index is 13.6. The van der Waals surface area contributed by atoms with Crippen LogP contribution < -0.4 is 10.3 Å². The Bertz CT molecular complexity index is 1360. The fourth-order valence-corrected chi connectivity index (χ4v) is 4.77. The number of hydrogen-bond acceptors (Lipinski definition) is 5. The largest absolute Gasteiger partial charge is 0.450 e. The molecule has 2 aromatic heterocycles. The van der Waals surface area contributed by atoms with E-state index >= 15 is 0 Å². The van der Waals surface area contributed by atoms with E-state index in [0.717, 1.165) is 11.1 Å². The van der Waals surface area contributed by atoms with Gasteiger partial charge in [-0.05, 0) is 35.6 Å². The number of anilines is 1. The van der Waals surface area contributed by atoms with E-state index in [1.165, 1.54) is 16.9 Å². The van der Waals surface area contributed by atoms with Crippen LogP contribution in [0.5, 0.6) is 0 Å². The third-order valence-electron chi connectivity index (χ3n) is 5.74. The van der Waals surface area contributed by atoms with E-state index in [1.807, 2.05) is 36.6 Å². The Labute approximate surface area is 184 Å². The Balaban J connectivity index is 1.77. The third kappa shape index (κ3) is 3.10. The molecule has 2 aromatic carbocycles. The number of aryl methyl sites for hydroxylation is 1. The molecule has 4 aromatic rings. The molecule has 1 aliphatic heterocycles. The van der Waals surface area contributed by atoms with E-state index in [9.17, 15) is 9.59 Å². The molecule has 0 bridgehead atoms. The molecule has 31 heavy (non-hydrogen) atoms. The van der Waals surface area contributed by atoms with Gasteiger partial charge in [0.15, 0.2) is 10.6 Å². The second-order valence-corrected chi connectivity index (χ2v) is 9.81. The first-order valence-electron chi connectivity index (χ1n) is 10.2. The number of thiazole rings is 1. The van der Waals surface area contributed by atoms with Crippen molar-refractivity contribution in [2.45, 2.75) is 39.2 Å². The van der Waals surface area contributed by atoms with Gasteiger partial charge in [-0.15, -0.1) is 11.3 Å². The maximum Gasteiger partial charge on any atom is 0.297 e. The molecule has 0 N–H and O–H groups in total. The highest BCUT2D eigenvalue weighted by Gasteiger charge is 2.44. The molecule has 156 valence electrons. The summed E-state index contributed by atoms with van der Waals surface area (Å²) >= 11 is 1.36. The van der Waals surface area contributed by atoms with Gasteiger partial charge in [-0.1, -0.05) is 56.7 Å². The number of aromatic nitrogens is 1. The number of benzene rings is 2. The van der Waals surface area contributed by atoms with Gasteiger partial charge in [0.25, 0.3) is 5.91 Å². The number of carbonyl (C=O) groups is 1. The minimum atomic E-state index is -0.580. The standard InChI is InChI=1S/C25H22N2O3S/c1-14-5-10-18-17(13-14)21(28)19-20(15-6-8-16(9-7-15)25(2,3)4)27(23(29)22(19)30-18)24-26-11-12-31-24/h5-13,20H,1-4H3/t20-/m0/s1. The van der Waals surface area contributed by atoms with Crippen molar-refractivity contribution in [3.05, 3.63) is 92.3 Å². The first-order valence-corrected chi connectivity index (χ1v) is 11.0. The molecule has 1 atom stereocenters. The average Bonchev–Trinajstić information content (AvgIpc) is 3.35. The second kappa shape index (κ2) is 6.89. The zero-order valence-electron chi connectivity index (χ0n) is 17.8. The highest BCUT2D eigenvalue weighted by Crippen LogP contribution is 2.42. The highest BCUT2D eigenvalue weighted by atomic mass is 32.1. The van der Waals surface area contributed by atoms with Gasteiger partial charge in [0, 0.05) is 11.6 Å². The van der Waals surface area contributed by atoms with Gasteiger partial charge in [0.1, 0.15) is 5.58 Å². The lowest BCUT2D eigenvalue weighted by molar-refractivity contribution is 0.0971. The Kier molecular flexibility index (Phi) is 4.38. The normalized spacial score (nSPS) is 16.2. The van der Waals surface area contributed by atoms with Gasteiger partial charge in [-0.2, -0.15) is 0 Å². The number of rotatable bonds is 2. The van der Waals surface area contributed by atoms with Crippen molar-refractivity contribution in [2.24, 2.45) is 0 Å². The van der Waals surface area contributed by atoms with Crippen molar-refractivity contribution >= 4 is 33.3 Å². The number of fused-ring (bicyclic) bond motifs is 2. The summed E-state index contributed by atoms with van der Waals surface area (Å²) in [6, 6.07) is 13.0. The summed E-state index contributed by atoms with van der Waals surface area (Å²) < 4.78 is 6.00. The number of carbonyl (C=O) groups excluding carboxylic acids is 1. The van der Waals surface area contributed by atoms with Crippen molar-refractivity contribution in [3.63, 3.8) is 0 Å². The van der Waals surface area contributed by atoms with Crippen LogP contribution in [0.15, 0.2) is 63.3 Å². The molecule has 3 heterocycles. The third-order valence-corrected chi connectivity index (χ3v) is 6.51. The quantitative estimate of drug-likeness (QED) is 0.415. The summed E-state index contributed by atoms with van der Waals surface area (Å²) in [6.45, 7) is 8.39. The van der Waals surface area contributed by atoms with E-state index in [4.69, 9.17) is 4.42 Å². The van der Waals surface area contributed by atoms with Crippen molar-refractivity contribution in [1.29, 1.82) is 0 Å². The average molecular weight is 431 g/mol. The van der Waals surface area contributed by atoms with Crippen LogP contribution in [0.3, 0.4) is 0 Å². The van der Waals surface area contributed by atoms with E-state index < -0.39 is 6.04 Å². The molecular weight excluding hydrogens is 408 g/mol. The lowest BCUT2D eigenvalue weighted by atomic mass is 9.86. The highest BCUT2D eigenvalue weighted by molar-refractivity contribution is 7.13. The van der Waals surface area contributed by atoms with Crippen molar-refractivity contribution in [2.75, 3.05) is 4.90 Å². The summed E-state index contributed by atoms with van der Waals surface area (Å²) in [5.41, 5.74) is 3.64. The molecule has 1 aliphatic rings. The van der Waals surface area contributed by atoms with Gasteiger partial charge >= 0.3 is 0 Å². The Morgan fingerprint density at radius 1 is 1.06 bits per heavy atom. The SMILES string of the molecule is Cc1ccc2oc3c(c(=O)c2c1)[C@H](c1ccc(C(C)(C)C)cc1)N(c1nccs1)C3=O. The summed E-state index contributed by atoms with van der Waals surface area (Å²) in [5, 5.41) is 2.85. The first-order chi connectivity index (χ1) is 14.8. The van der Waals surface area contributed by atoms with E-state index in [0.29, 0.717) is 21.7 Å². The molecule has 6 heteroatoms. The summed E-state index contributed by atoms with van der Waals surface area (Å²) in [4.78, 5) is 33.0. The molecule has 5 rings (SSSR count). The fourth-order valence-electron chi connectivity index (χ4n) is 4.10. The Hall–Kier alpha value is -3.25. The van der Waals surface area contributed by atoms with Gasteiger partial charge in [0.2, 0.25) is 5.76 Å². The lowest BCUT2D eigenvalue weighted by Crippen LogP contribution is -2.29. The summed E-state index contributed by atoms with van der Waals surface area (Å²) in [7, 11) is 0. The van der Waals surface area contributed by atoms with Crippen molar-refractivity contribution in [1.82, 2.24) is 4.98 Å². The lowest BCUT2D eigenvalue weighted by Gasteiger charge is -2.24. The predicted octanol–water partition coefficient (Wildman–Crippen LogP) is 5.61. The van der Waals surface area contributed by atoms with Gasteiger partial charge in [-0.3, -0.25) is 14.5 Å². The Morgan fingerprint density at radius 2 is 1.81 bits per heavy atom. The van der Waals surface area contributed by atoms with Gasteiger partial charge in [-0.25, -0.2) is 4.98 Å². The second-order valence-electron chi connectivity index (χ2n) is 8.94. The molecule has 1 amide bonds. The van der Waals surface area contributed by atoms with Crippen LogP contribution in [0.25, 0.3) is 11.0 Å². The van der Waals surface area contributed by atoms with Gasteiger partial charge in [0.05, 0.1) is 17.0 Å². The zero-order valence-corrected chi connectivity index (χ0v) is 18.6. The van der Waals surface area contributed by atoms with Crippen LogP contribution in [-0.4, -0.2) is 10.9 Å².